The van der Waals surface area contributed by atoms with Gasteiger partial charge in [-0.05, 0) is 55.0 Å². The van der Waals surface area contributed by atoms with Gasteiger partial charge in [-0.2, -0.15) is 0 Å². The van der Waals surface area contributed by atoms with Crippen LogP contribution in [0.4, 0.5) is 0 Å². The molecule has 1 aliphatic carbocycles. The highest BCUT2D eigenvalue weighted by atomic mass is 16.5. The fourth-order valence-corrected chi connectivity index (χ4v) is 4.39. The summed E-state index contributed by atoms with van der Waals surface area (Å²) in [6.45, 7) is 1.96. The van der Waals surface area contributed by atoms with Gasteiger partial charge in [0.2, 0.25) is 0 Å². The molecule has 0 saturated carbocycles. The number of methoxy groups -OCH3 is 1. The van der Waals surface area contributed by atoms with Crippen LogP contribution < -0.4 is 4.74 Å². The molecule has 1 heterocycles. The summed E-state index contributed by atoms with van der Waals surface area (Å²) in [6.07, 6.45) is 5.15. The predicted octanol–water partition coefficient (Wildman–Crippen LogP) is 4.26. The highest BCUT2D eigenvalue weighted by Crippen LogP contribution is 2.36. The quantitative estimate of drug-likeness (QED) is 0.574. The van der Waals surface area contributed by atoms with Gasteiger partial charge in [-0.25, -0.2) is 0 Å². The Bertz CT molecular complexity index is 923. The highest BCUT2D eigenvalue weighted by Gasteiger charge is 2.24. The lowest BCUT2D eigenvalue weighted by Crippen LogP contribution is -2.28. The van der Waals surface area contributed by atoms with Gasteiger partial charge >= 0.3 is 0 Å². The molecule has 2 aromatic carbocycles. The normalized spacial score (nSPS) is 16.0. The standard InChI is InChI=1S/C24H29N3O2/c1-27(17-19-10-6-12-21-20(19)11-7-13-23(21)28-2)15-14-24-22(25-26-29-24)16-18-8-4-3-5-9-18/h3-5,7-9,11,13,19H,6,10,12,14-17H2,1-2H3. The SMILES string of the molecule is COc1cccc2c1CCCC2CN(C)CCc1onnc1Cc1ccccc1. The van der Waals surface area contributed by atoms with Crippen molar-refractivity contribution in [2.24, 2.45) is 0 Å². The van der Waals surface area contributed by atoms with Crippen molar-refractivity contribution in [1.82, 2.24) is 15.3 Å². The number of rotatable bonds is 8. The molecule has 1 aromatic heterocycles. The molecule has 0 spiro atoms. The maximum absolute atomic E-state index is 5.58. The Morgan fingerprint density at radius 1 is 1.14 bits per heavy atom. The maximum atomic E-state index is 5.58. The monoisotopic (exact) mass is 391 g/mol. The second-order valence-electron chi connectivity index (χ2n) is 7.93. The van der Waals surface area contributed by atoms with E-state index in [0.29, 0.717) is 5.92 Å². The number of benzene rings is 2. The zero-order valence-corrected chi connectivity index (χ0v) is 17.3. The molecular formula is C24H29N3O2. The van der Waals surface area contributed by atoms with Crippen LogP contribution in [0, 0.1) is 0 Å². The van der Waals surface area contributed by atoms with Crippen LogP contribution in [0.3, 0.4) is 0 Å². The van der Waals surface area contributed by atoms with E-state index in [1.165, 1.54) is 29.5 Å². The molecule has 1 unspecified atom stereocenters. The smallest absolute Gasteiger partial charge is 0.161 e. The third-order valence-electron chi connectivity index (χ3n) is 5.91. The summed E-state index contributed by atoms with van der Waals surface area (Å²) in [5.41, 5.74) is 5.01. The van der Waals surface area contributed by atoms with Crippen LogP contribution in [0.15, 0.2) is 53.1 Å². The van der Waals surface area contributed by atoms with E-state index in [-0.39, 0.29) is 0 Å². The molecule has 0 bridgehead atoms. The van der Waals surface area contributed by atoms with Crippen LogP contribution in [-0.2, 0) is 19.3 Å². The summed E-state index contributed by atoms with van der Waals surface area (Å²) < 4.78 is 11.0. The van der Waals surface area contributed by atoms with E-state index in [4.69, 9.17) is 9.26 Å². The topological polar surface area (TPSA) is 51.4 Å². The van der Waals surface area contributed by atoms with Crippen molar-refractivity contribution in [3.8, 4) is 5.75 Å². The number of hydrogen-bond donors (Lipinski definition) is 0. The minimum Gasteiger partial charge on any atom is -0.496 e. The van der Waals surface area contributed by atoms with Gasteiger partial charge in [0, 0.05) is 31.2 Å². The largest absolute Gasteiger partial charge is 0.496 e. The second kappa shape index (κ2) is 9.23. The van der Waals surface area contributed by atoms with Crippen molar-refractivity contribution in [3.63, 3.8) is 0 Å². The Morgan fingerprint density at radius 2 is 2.00 bits per heavy atom. The molecule has 5 heteroatoms. The van der Waals surface area contributed by atoms with Crippen molar-refractivity contribution in [2.45, 2.75) is 38.0 Å². The van der Waals surface area contributed by atoms with Crippen LogP contribution in [0.25, 0.3) is 0 Å². The molecule has 0 radical (unpaired) electrons. The first kappa shape index (κ1) is 19.6. The van der Waals surface area contributed by atoms with Crippen molar-refractivity contribution >= 4 is 0 Å². The first-order valence-electron chi connectivity index (χ1n) is 10.4. The third-order valence-corrected chi connectivity index (χ3v) is 5.91. The van der Waals surface area contributed by atoms with Gasteiger partial charge < -0.3 is 14.2 Å². The van der Waals surface area contributed by atoms with Crippen molar-refractivity contribution in [3.05, 3.63) is 76.7 Å². The molecule has 4 rings (SSSR count). The van der Waals surface area contributed by atoms with Gasteiger partial charge in [0.15, 0.2) is 5.76 Å². The summed E-state index contributed by atoms with van der Waals surface area (Å²) in [4.78, 5) is 2.40. The summed E-state index contributed by atoms with van der Waals surface area (Å²) in [5.74, 6) is 2.48. The number of nitrogens with zero attached hydrogens (tertiary/aromatic N) is 3. The zero-order chi connectivity index (χ0) is 20.1. The predicted molar refractivity (Wildman–Crippen MR) is 113 cm³/mol. The average Bonchev–Trinajstić information content (AvgIpc) is 3.19. The van der Waals surface area contributed by atoms with Gasteiger partial charge in [0.1, 0.15) is 11.4 Å². The Kier molecular flexibility index (Phi) is 6.25. The van der Waals surface area contributed by atoms with Gasteiger partial charge in [0.05, 0.1) is 7.11 Å². The Hall–Kier alpha value is -2.66. The van der Waals surface area contributed by atoms with E-state index in [9.17, 15) is 0 Å². The highest BCUT2D eigenvalue weighted by molar-refractivity contribution is 5.43. The van der Waals surface area contributed by atoms with Gasteiger partial charge in [0.25, 0.3) is 0 Å². The van der Waals surface area contributed by atoms with Crippen LogP contribution in [0.1, 0.15) is 46.9 Å². The molecule has 3 aromatic rings. The lowest BCUT2D eigenvalue weighted by atomic mass is 9.82. The second-order valence-corrected chi connectivity index (χ2v) is 7.93. The van der Waals surface area contributed by atoms with Crippen LogP contribution in [0.5, 0.6) is 5.75 Å². The van der Waals surface area contributed by atoms with E-state index < -0.39 is 0 Å². The van der Waals surface area contributed by atoms with Crippen LogP contribution in [0.2, 0.25) is 0 Å². The molecule has 0 amide bonds. The summed E-state index contributed by atoms with van der Waals surface area (Å²) in [6, 6.07) is 16.8. The average molecular weight is 392 g/mol. The van der Waals surface area contributed by atoms with E-state index in [1.54, 1.807) is 7.11 Å². The summed E-state index contributed by atoms with van der Waals surface area (Å²) >= 11 is 0. The molecule has 0 aliphatic heterocycles. The van der Waals surface area contributed by atoms with Crippen molar-refractivity contribution in [1.29, 1.82) is 0 Å². The molecule has 29 heavy (non-hydrogen) atoms. The molecule has 0 fully saturated rings. The lowest BCUT2D eigenvalue weighted by molar-refractivity contribution is 0.283. The molecule has 0 saturated heterocycles. The van der Waals surface area contributed by atoms with Crippen molar-refractivity contribution < 1.29 is 9.26 Å². The number of fused-ring (bicyclic) bond motifs is 1. The number of likely N-dealkylation sites (N-methyl/N-ethyl adjacent to an activating group) is 1. The van der Waals surface area contributed by atoms with Gasteiger partial charge in [-0.1, -0.05) is 42.5 Å². The van der Waals surface area contributed by atoms with E-state index >= 15 is 0 Å². The Morgan fingerprint density at radius 3 is 2.83 bits per heavy atom. The molecule has 0 N–H and O–H groups in total. The van der Waals surface area contributed by atoms with E-state index in [0.717, 1.165) is 49.6 Å². The van der Waals surface area contributed by atoms with Gasteiger partial charge in [-0.15, -0.1) is 5.10 Å². The first-order valence-corrected chi connectivity index (χ1v) is 10.4. The fourth-order valence-electron chi connectivity index (χ4n) is 4.39. The molecule has 5 nitrogen and oxygen atoms in total. The summed E-state index contributed by atoms with van der Waals surface area (Å²) in [5, 5.41) is 8.01. The molecule has 1 aliphatic rings. The Labute approximate surface area is 172 Å². The first-order chi connectivity index (χ1) is 14.2. The number of ether oxygens (including phenoxy) is 1. The van der Waals surface area contributed by atoms with Crippen molar-refractivity contribution in [2.75, 3.05) is 27.2 Å². The number of hydrogen-bond acceptors (Lipinski definition) is 5. The minimum absolute atomic E-state index is 0.551. The summed E-state index contributed by atoms with van der Waals surface area (Å²) in [7, 11) is 3.96. The minimum atomic E-state index is 0.551. The van der Waals surface area contributed by atoms with Crippen LogP contribution >= 0.6 is 0 Å². The van der Waals surface area contributed by atoms with E-state index in [1.807, 2.05) is 18.2 Å². The van der Waals surface area contributed by atoms with Gasteiger partial charge in [-0.3, -0.25) is 0 Å². The Balaban J connectivity index is 1.36. The zero-order valence-electron chi connectivity index (χ0n) is 17.3. The third kappa shape index (κ3) is 4.67. The molecule has 1 atom stereocenters. The molecule has 152 valence electrons. The lowest BCUT2D eigenvalue weighted by Gasteiger charge is -2.30. The maximum Gasteiger partial charge on any atom is 0.161 e. The molecular weight excluding hydrogens is 362 g/mol. The van der Waals surface area contributed by atoms with Crippen LogP contribution in [-0.4, -0.2) is 42.5 Å². The van der Waals surface area contributed by atoms with E-state index in [2.05, 4.69) is 52.6 Å². The number of aromatic nitrogens is 2. The fraction of sp³-hybridized carbons (Fsp3) is 0.417.